The van der Waals surface area contributed by atoms with E-state index in [0.717, 1.165) is 18.3 Å². The van der Waals surface area contributed by atoms with Crippen molar-refractivity contribution in [2.45, 2.75) is 43.5 Å². The zero-order chi connectivity index (χ0) is 29.6. The summed E-state index contributed by atoms with van der Waals surface area (Å²) in [5.41, 5.74) is 2.98. The quantitative estimate of drug-likeness (QED) is 0.196. The number of aromatic nitrogens is 2. The number of aromatic amines is 1. The molecular formula is C29H37BrN6O4S. The van der Waals surface area contributed by atoms with Crippen molar-refractivity contribution in [3.63, 3.8) is 0 Å². The number of sulfonamides is 1. The molecule has 0 bridgehead atoms. The van der Waals surface area contributed by atoms with Crippen LogP contribution in [0, 0.1) is 5.41 Å². The van der Waals surface area contributed by atoms with Gasteiger partial charge in [-0.3, -0.25) is 9.69 Å². The van der Waals surface area contributed by atoms with Crippen molar-refractivity contribution in [2.75, 3.05) is 45.2 Å². The molecule has 12 heteroatoms. The fourth-order valence-corrected chi connectivity index (χ4v) is 6.65. The van der Waals surface area contributed by atoms with Crippen LogP contribution in [0.2, 0.25) is 0 Å². The normalized spacial score (nSPS) is 14.6. The fraction of sp³-hybridized carbons (Fsp3) is 0.414. The van der Waals surface area contributed by atoms with Gasteiger partial charge in [-0.25, -0.2) is 13.4 Å². The van der Waals surface area contributed by atoms with E-state index in [9.17, 15) is 13.2 Å². The standard InChI is InChI=1S/C29H37BrN6O4S/c1-4-6-24(31)26-27(32-3)29(37)34-28(33-26)23-17-22(11-12-25(23)40-5-2)41(38,39)36-15-13-35(14-16-36)19-21-9-7-20(18-30)8-10-21/h7-12,17,31-32H,4-6,13-16,18-19H2,1-3H3,(H,33,34,37). The molecule has 0 atom stereocenters. The van der Waals surface area contributed by atoms with Crippen LogP contribution in [-0.2, 0) is 21.9 Å². The molecular weight excluding hydrogens is 608 g/mol. The van der Waals surface area contributed by atoms with Crippen molar-refractivity contribution >= 4 is 37.4 Å². The topological polar surface area (TPSA) is 131 Å². The van der Waals surface area contributed by atoms with Crippen molar-refractivity contribution in [2.24, 2.45) is 0 Å². The van der Waals surface area contributed by atoms with E-state index in [0.29, 0.717) is 50.5 Å². The number of nitrogens with zero attached hydrogens (tertiary/aromatic N) is 3. The minimum Gasteiger partial charge on any atom is -0.493 e. The Balaban J connectivity index is 1.60. The molecule has 3 aromatic rings. The fourth-order valence-electron chi connectivity index (χ4n) is 4.82. The van der Waals surface area contributed by atoms with Crippen LogP contribution in [0.4, 0.5) is 5.69 Å². The van der Waals surface area contributed by atoms with Crippen LogP contribution in [0.1, 0.15) is 43.5 Å². The number of rotatable bonds is 12. The summed E-state index contributed by atoms with van der Waals surface area (Å²) in [6.45, 7) is 6.86. The summed E-state index contributed by atoms with van der Waals surface area (Å²) >= 11 is 3.47. The number of piperazine rings is 1. The molecule has 2 heterocycles. The van der Waals surface area contributed by atoms with Gasteiger partial charge in [0.25, 0.3) is 5.56 Å². The summed E-state index contributed by atoms with van der Waals surface area (Å²) in [6.07, 6.45) is 1.17. The van der Waals surface area contributed by atoms with Gasteiger partial charge in [-0.15, -0.1) is 0 Å². The van der Waals surface area contributed by atoms with Crippen molar-refractivity contribution < 1.29 is 13.2 Å². The third kappa shape index (κ3) is 7.06. The molecule has 0 radical (unpaired) electrons. The summed E-state index contributed by atoms with van der Waals surface area (Å²) in [7, 11) is -2.21. The second-order valence-electron chi connectivity index (χ2n) is 9.84. The van der Waals surface area contributed by atoms with E-state index in [1.165, 1.54) is 27.6 Å². The third-order valence-electron chi connectivity index (χ3n) is 7.01. The van der Waals surface area contributed by atoms with Crippen molar-refractivity contribution in [1.29, 1.82) is 5.41 Å². The monoisotopic (exact) mass is 644 g/mol. The SMILES string of the molecule is CCCC(=N)c1nc(-c2cc(S(=O)(=O)N3CCN(Cc4ccc(CBr)cc4)CC3)ccc2OCC)[nH]c(=O)c1NC. The summed E-state index contributed by atoms with van der Waals surface area (Å²) in [6, 6.07) is 13.0. The number of halogens is 1. The average Bonchev–Trinajstić information content (AvgIpc) is 2.98. The van der Waals surface area contributed by atoms with E-state index in [4.69, 9.17) is 10.1 Å². The number of nitrogens with one attached hydrogen (secondary N) is 3. The summed E-state index contributed by atoms with van der Waals surface area (Å²) in [5, 5.41) is 12.1. The van der Waals surface area contributed by atoms with Crippen LogP contribution in [0.3, 0.4) is 0 Å². The molecule has 2 aromatic carbocycles. The molecule has 0 aliphatic carbocycles. The zero-order valence-corrected chi connectivity index (χ0v) is 26.1. The van der Waals surface area contributed by atoms with Gasteiger partial charge < -0.3 is 20.4 Å². The van der Waals surface area contributed by atoms with Crippen LogP contribution < -0.4 is 15.6 Å². The highest BCUT2D eigenvalue weighted by Gasteiger charge is 2.30. The molecule has 0 spiro atoms. The first kappa shape index (κ1) is 30.9. The van der Waals surface area contributed by atoms with Crippen LogP contribution in [0.5, 0.6) is 5.75 Å². The first-order valence-electron chi connectivity index (χ1n) is 13.7. The molecule has 0 amide bonds. The first-order valence-corrected chi connectivity index (χ1v) is 16.3. The van der Waals surface area contributed by atoms with Gasteiger partial charge in [0.15, 0.2) is 0 Å². The highest BCUT2D eigenvalue weighted by atomic mass is 79.9. The van der Waals surface area contributed by atoms with E-state index >= 15 is 0 Å². The molecule has 0 saturated carbocycles. The van der Waals surface area contributed by atoms with E-state index in [-0.39, 0.29) is 27.8 Å². The minimum atomic E-state index is -3.82. The molecule has 1 saturated heterocycles. The Morgan fingerprint density at radius 3 is 2.39 bits per heavy atom. The lowest BCUT2D eigenvalue weighted by molar-refractivity contribution is 0.181. The third-order valence-corrected chi connectivity index (χ3v) is 9.56. The number of anilines is 1. The number of H-pyrrole nitrogens is 1. The van der Waals surface area contributed by atoms with Crippen LogP contribution in [-0.4, -0.2) is 73.1 Å². The van der Waals surface area contributed by atoms with Crippen molar-refractivity contribution in [3.05, 3.63) is 69.6 Å². The predicted octanol–water partition coefficient (Wildman–Crippen LogP) is 4.45. The molecule has 0 unspecified atom stereocenters. The van der Waals surface area contributed by atoms with Crippen molar-refractivity contribution in [3.8, 4) is 17.1 Å². The Morgan fingerprint density at radius 2 is 1.78 bits per heavy atom. The lowest BCUT2D eigenvalue weighted by Gasteiger charge is -2.34. The zero-order valence-electron chi connectivity index (χ0n) is 23.7. The van der Waals surface area contributed by atoms with Crippen molar-refractivity contribution in [1.82, 2.24) is 19.2 Å². The molecule has 1 aliphatic rings. The number of hydrogen-bond donors (Lipinski definition) is 3. The highest BCUT2D eigenvalue weighted by molar-refractivity contribution is 9.08. The largest absolute Gasteiger partial charge is 0.493 e. The summed E-state index contributed by atoms with van der Waals surface area (Å²) < 4.78 is 34.7. The maximum Gasteiger partial charge on any atom is 0.275 e. The Hall–Kier alpha value is -3.06. The number of alkyl halides is 1. The first-order chi connectivity index (χ1) is 19.7. The molecule has 3 N–H and O–H groups in total. The Labute approximate surface area is 249 Å². The van der Waals surface area contributed by atoms with E-state index in [1.807, 2.05) is 13.8 Å². The Kier molecular flexibility index (Phi) is 10.3. The summed E-state index contributed by atoms with van der Waals surface area (Å²) in [4.78, 5) is 22.6. The second-order valence-corrected chi connectivity index (χ2v) is 12.3. The average molecular weight is 646 g/mol. The molecule has 1 aromatic heterocycles. The molecule has 4 rings (SSSR count). The van der Waals surface area contributed by atoms with Crippen LogP contribution >= 0.6 is 15.9 Å². The highest BCUT2D eigenvalue weighted by Crippen LogP contribution is 2.32. The number of benzene rings is 2. The van der Waals surface area contributed by atoms with Crippen LogP contribution in [0.15, 0.2) is 52.2 Å². The lowest BCUT2D eigenvalue weighted by atomic mass is 10.1. The summed E-state index contributed by atoms with van der Waals surface area (Å²) in [5.74, 6) is 0.552. The van der Waals surface area contributed by atoms with Gasteiger partial charge in [0.2, 0.25) is 10.0 Å². The maximum absolute atomic E-state index is 13.7. The second kappa shape index (κ2) is 13.7. The van der Waals surface area contributed by atoms with Gasteiger partial charge >= 0.3 is 0 Å². The predicted molar refractivity (Wildman–Crippen MR) is 166 cm³/mol. The van der Waals surface area contributed by atoms with Gasteiger partial charge in [-0.1, -0.05) is 53.5 Å². The smallest absolute Gasteiger partial charge is 0.275 e. The van der Waals surface area contributed by atoms with Gasteiger partial charge in [-0.2, -0.15) is 4.31 Å². The lowest BCUT2D eigenvalue weighted by Crippen LogP contribution is -2.48. The number of hydrogen-bond acceptors (Lipinski definition) is 8. The van der Waals surface area contributed by atoms with Crippen LogP contribution in [0.25, 0.3) is 11.4 Å². The maximum atomic E-state index is 13.7. The Bertz CT molecular complexity index is 1530. The minimum absolute atomic E-state index is 0.0975. The van der Waals surface area contributed by atoms with E-state index in [2.05, 4.69) is 60.4 Å². The van der Waals surface area contributed by atoms with Gasteiger partial charge in [-0.05, 0) is 42.7 Å². The molecule has 1 fully saturated rings. The molecule has 10 nitrogen and oxygen atoms in total. The van der Waals surface area contributed by atoms with E-state index in [1.54, 1.807) is 13.1 Å². The number of ether oxygens (including phenoxy) is 1. The van der Waals surface area contributed by atoms with Gasteiger partial charge in [0, 0.05) is 45.1 Å². The molecule has 1 aliphatic heterocycles. The van der Waals surface area contributed by atoms with E-state index < -0.39 is 15.6 Å². The van der Waals surface area contributed by atoms with Gasteiger partial charge in [0.1, 0.15) is 23.0 Å². The molecule has 220 valence electrons. The van der Waals surface area contributed by atoms with Gasteiger partial charge in [0.05, 0.1) is 22.8 Å². The Morgan fingerprint density at radius 1 is 1.10 bits per heavy atom. The molecule has 41 heavy (non-hydrogen) atoms.